The lowest BCUT2D eigenvalue weighted by Gasteiger charge is -2.21. The van der Waals surface area contributed by atoms with Gasteiger partial charge in [0, 0.05) is 19.3 Å². The van der Waals surface area contributed by atoms with Crippen LogP contribution in [-0.2, 0) is 4.74 Å². The molecule has 1 unspecified atom stereocenters. The van der Waals surface area contributed by atoms with Gasteiger partial charge in [-0.1, -0.05) is 41.5 Å². The van der Waals surface area contributed by atoms with Gasteiger partial charge in [-0.05, 0) is 37.1 Å². The summed E-state index contributed by atoms with van der Waals surface area (Å²) in [5.41, 5.74) is 0. The lowest BCUT2D eigenvalue weighted by Crippen LogP contribution is -2.30. The highest BCUT2D eigenvalue weighted by Gasteiger charge is 2.11. The fourth-order valence-electron chi connectivity index (χ4n) is 1.94. The van der Waals surface area contributed by atoms with E-state index < -0.39 is 0 Å². The summed E-state index contributed by atoms with van der Waals surface area (Å²) in [6, 6.07) is 0.584. The van der Waals surface area contributed by atoms with E-state index in [1.165, 1.54) is 12.8 Å². The highest BCUT2D eigenvalue weighted by molar-refractivity contribution is 4.66. The molecule has 0 radical (unpaired) electrons. The molecule has 0 bridgehead atoms. The Morgan fingerprint density at radius 3 is 2.06 bits per heavy atom. The van der Waals surface area contributed by atoms with Gasteiger partial charge in [0.05, 0.1) is 0 Å². The third-order valence-electron chi connectivity index (χ3n) is 2.74. The van der Waals surface area contributed by atoms with Crippen LogP contribution in [0, 0.1) is 17.8 Å². The molecule has 2 heteroatoms. The van der Waals surface area contributed by atoms with Gasteiger partial charge in [-0.2, -0.15) is 0 Å². The molecule has 1 atom stereocenters. The van der Waals surface area contributed by atoms with E-state index in [2.05, 4.69) is 46.9 Å². The molecule has 0 aliphatic carbocycles. The molecule has 1 N–H and O–H groups in total. The Kier molecular flexibility index (Phi) is 9.85. The number of rotatable bonds is 10. The number of nitrogens with one attached hydrogen (secondary N) is 1. The first-order valence-corrected chi connectivity index (χ1v) is 7.22. The second kappa shape index (κ2) is 9.90. The molecule has 0 saturated carbocycles. The predicted molar refractivity (Wildman–Crippen MR) is 76.4 cm³/mol. The Labute approximate surface area is 109 Å². The highest BCUT2D eigenvalue weighted by Crippen LogP contribution is 2.15. The summed E-state index contributed by atoms with van der Waals surface area (Å²) < 4.78 is 5.69. The van der Waals surface area contributed by atoms with Crippen LogP contribution in [0.3, 0.4) is 0 Å². The molecular formula is C15H33NO. The standard InChI is InChI=1S/C15H33NO/c1-12(2)9-15(10-16-14(5)6)7-8-17-11-13(3)4/h12-16H,7-11H2,1-6H3. The third kappa shape index (κ3) is 12.2. The average Bonchev–Trinajstić information content (AvgIpc) is 2.19. The molecule has 0 aliphatic rings. The zero-order valence-corrected chi connectivity index (χ0v) is 12.8. The molecule has 0 aromatic rings. The average molecular weight is 243 g/mol. The molecule has 0 saturated heterocycles. The van der Waals surface area contributed by atoms with Crippen LogP contribution >= 0.6 is 0 Å². The third-order valence-corrected chi connectivity index (χ3v) is 2.74. The summed E-state index contributed by atoms with van der Waals surface area (Å²) in [7, 11) is 0. The SMILES string of the molecule is CC(C)COCCC(CNC(C)C)CC(C)C. The maximum atomic E-state index is 5.69. The van der Waals surface area contributed by atoms with Crippen molar-refractivity contribution in [2.24, 2.45) is 17.8 Å². The zero-order valence-electron chi connectivity index (χ0n) is 12.8. The molecule has 2 nitrogen and oxygen atoms in total. The minimum absolute atomic E-state index is 0.584. The first-order valence-electron chi connectivity index (χ1n) is 7.22. The molecule has 0 fully saturated rings. The van der Waals surface area contributed by atoms with Crippen molar-refractivity contribution in [3.8, 4) is 0 Å². The molecule has 104 valence electrons. The zero-order chi connectivity index (χ0) is 13.3. The summed E-state index contributed by atoms with van der Waals surface area (Å²) in [4.78, 5) is 0. The molecular weight excluding hydrogens is 210 g/mol. The quantitative estimate of drug-likeness (QED) is 0.591. The molecule has 0 spiro atoms. The normalized spacial score (nSPS) is 13.9. The van der Waals surface area contributed by atoms with E-state index in [0.29, 0.717) is 12.0 Å². The Morgan fingerprint density at radius 1 is 0.941 bits per heavy atom. The first kappa shape index (κ1) is 16.9. The van der Waals surface area contributed by atoms with E-state index >= 15 is 0 Å². The van der Waals surface area contributed by atoms with Gasteiger partial charge in [-0.15, -0.1) is 0 Å². The van der Waals surface area contributed by atoms with Gasteiger partial charge in [0.25, 0.3) is 0 Å². The smallest absolute Gasteiger partial charge is 0.0488 e. The van der Waals surface area contributed by atoms with E-state index in [9.17, 15) is 0 Å². The first-order chi connectivity index (χ1) is 7.91. The Morgan fingerprint density at radius 2 is 1.59 bits per heavy atom. The van der Waals surface area contributed by atoms with Gasteiger partial charge in [0.15, 0.2) is 0 Å². The predicted octanol–water partition coefficient (Wildman–Crippen LogP) is 3.71. The minimum atomic E-state index is 0.584. The van der Waals surface area contributed by atoms with Crippen molar-refractivity contribution < 1.29 is 4.74 Å². The summed E-state index contributed by atoms with van der Waals surface area (Å²) in [6.07, 6.45) is 2.48. The molecule has 0 heterocycles. The van der Waals surface area contributed by atoms with E-state index in [4.69, 9.17) is 4.74 Å². The lowest BCUT2D eigenvalue weighted by molar-refractivity contribution is 0.0949. The van der Waals surface area contributed by atoms with Crippen LogP contribution in [0.2, 0.25) is 0 Å². The van der Waals surface area contributed by atoms with Crippen molar-refractivity contribution >= 4 is 0 Å². The number of hydrogen-bond donors (Lipinski definition) is 1. The van der Waals surface area contributed by atoms with Gasteiger partial charge in [0.2, 0.25) is 0 Å². The molecule has 0 aromatic carbocycles. The maximum absolute atomic E-state index is 5.69. The van der Waals surface area contributed by atoms with E-state index in [-0.39, 0.29) is 0 Å². The van der Waals surface area contributed by atoms with Gasteiger partial charge in [0.1, 0.15) is 0 Å². The number of hydrogen-bond acceptors (Lipinski definition) is 2. The van der Waals surface area contributed by atoms with Gasteiger partial charge in [-0.25, -0.2) is 0 Å². The molecule has 0 aliphatic heterocycles. The van der Waals surface area contributed by atoms with Crippen molar-refractivity contribution in [1.29, 1.82) is 0 Å². The highest BCUT2D eigenvalue weighted by atomic mass is 16.5. The Balaban J connectivity index is 3.76. The largest absolute Gasteiger partial charge is 0.381 e. The molecule has 0 amide bonds. The van der Waals surface area contributed by atoms with Crippen molar-refractivity contribution in [1.82, 2.24) is 5.32 Å². The van der Waals surface area contributed by atoms with Crippen LogP contribution in [0.25, 0.3) is 0 Å². The lowest BCUT2D eigenvalue weighted by atomic mass is 9.94. The second-order valence-electron chi connectivity index (χ2n) is 6.32. The molecule has 0 rings (SSSR count). The van der Waals surface area contributed by atoms with Crippen LogP contribution in [0.5, 0.6) is 0 Å². The van der Waals surface area contributed by atoms with E-state index in [0.717, 1.165) is 31.6 Å². The topological polar surface area (TPSA) is 21.3 Å². The Hall–Kier alpha value is -0.0800. The van der Waals surface area contributed by atoms with Crippen LogP contribution in [0.4, 0.5) is 0 Å². The summed E-state index contributed by atoms with van der Waals surface area (Å²) >= 11 is 0. The van der Waals surface area contributed by atoms with Gasteiger partial charge < -0.3 is 10.1 Å². The van der Waals surface area contributed by atoms with Crippen molar-refractivity contribution in [3.05, 3.63) is 0 Å². The van der Waals surface area contributed by atoms with E-state index in [1.54, 1.807) is 0 Å². The molecule has 0 aromatic heterocycles. The van der Waals surface area contributed by atoms with E-state index in [1.807, 2.05) is 0 Å². The fraction of sp³-hybridized carbons (Fsp3) is 1.00. The van der Waals surface area contributed by atoms with Crippen molar-refractivity contribution in [2.75, 3.05) is 19.8 Å². The van der Waals surface area contributed by atoms with Crippen LogP contribution < -0.4 is 5.32 Å². The number of ether oxygens (including phenoxy) is 1. The minimum Gasteiger partial charge on any atom is -0.381 e. The second-order valence-corrected chi connectivity index (χ2v) is 6.32. The van der Waals surface area contributed by atoms with Crippen LogP contribution in [-0.4, -0.2) is 25.8 Å². The summed E-state index contributed by atoms with van der Waals surface area (Å²) in [5.74, 6) is 2.18. The van der Waals surface area contributed by atoms with Crippen molar-refractivity contribution in [2.45, 2.75) is 60.4 Å². The van der Waals surface area contributed by atoms with Crippen molar-refractivity contribution in [3.63, 3.8) is 0 Å². The fourth-order valence-corrected chi connectivity index (χ4v) is 1.94. The van der Waals surface area contributed by atoms with Crippen LogP contribution in [0.15, 0.2) is 0 Å². The summed E-state index contributed by atoms with van der Waals surface area (Å²) in [5, 5.41) is 3.55. The monoisotopic (exact) mass is 243 g/mol. The summed E-state index contributed by atoms with van der Waals surface area (Å²) in [6.45, 7) is 16.4. The van der Waals surface area contributed by atoms with Gasteiger partial charge >= 0.3 is 0 Å². The Bertz CT molecular complexity index is 166. The maximum Gasteiger partial charge on any atom is 0.0488 e. The molecule has 17 heavy (non-hydrogen) atoms. The van der Waals surface area contributed by atoms with Gasteiger partial charge in [-0.3, -0.25) is 0 Å². The van der Waals surface area contributed by atoms with Crippen LogP contribution in [0.1, 0.15) is 54.4 Å².